The summed E-state index contributed by atoms with van der Waals surface area (Å²) < 4.78 is 0. The maximum atomic E-state index is 10.0. The Bertz CT molecular complexity index is 690. The van der Waals surface area contributed by atoms with Crippen LogP contribution in [-0.4, -0.2) is 21.9 Å². The fourth-order valence-corrected chi connectivity index (χ4v) is 6.18. The third-order valence-electron chi connectivity index (χ3n) is 7.94. The minimum absolute atomic E-state index is 0.196. The molecule has 2 fully saturated rings. The Morgan fingerprint density at radius 3 is 2.79 bits per heavy atom. The van der Waals surface area contributed by atoms with Crippen LogP contribution in [0.5, 0.6) is 0 Å². The molecule has 3 aliphatic carbocycles. The van der Waals surface area contributed by atoms with Crippen molar-refractivity contribution in [2.75, 3.05) is 0 Å². The molecule has 2 saturated carbocycles. The van der Waals surface area contributed by atoms with Crippen molar-refractivity contribution in [3.63, 3.8) is 0 Å². The van der Waals surface area contributed by atoms with Crippen LogP contribution in [0.4, 0.5) is 0 Å². The van der Waals surface area contributed by atoms with Crippen molar-refractivity contribution in [3.05, 3.63) is 47.6 Å². The average Bonchev–Trinajstić information content (AvgIpc) is 2.99. The Hall–Kier alpha value is -1.12. The lowest BCUT2D eigenvalue weighted by molar-refractivity contribution is 0.0644. The van der Waals surface area contributed by atoms with E-state index in [9.17, 15) is 10.2 Å². The SMILES string of the molecule is C=C1CC[C@H](O)C/C1=C/CC1=CC=C[C@]2(C)[C@@H]([C@H](C)CCCC(C)(C)O)CC[C@@H]12. The Labute approximate surface area is 178 Å². The zero-order valence-electron chi connectivity index (χ0n) is 19.1. The van der Waals surface area contributed by atoms with Crippen LogP contribution in [0.25, 0.3) is 0 Å². The average molecular weight is 399 g/mol. The molecule has 0 aromatic carbocycles. The van der Waals surface area contributed by atoms with Crippen molar-refractivity contribution in [3.8, 4) is 0 Å². The van der Waals surface area contributed by atoms with Gasteiger partial charge in [0.15, 0.2) is 0 Å². The van der Waals surface area contributed by atoms with Gasteiger partial charge in [0.05, 0.1) is 11.7 Å². The highest BCUT2D eigenvalue weighted by atomic mass is 16.3. The largest absolute Gasteiger partial charge is 0.393 e. The highest BCUT2D eigenvalue weighted by molar-refractivity contribution is 5.36. The molecular formula is C27H42O2. The molecule has 0 radical (unpaired) electrons. The summed E-state index contributed by atoms with van der Waals surface area (Å²) >= 11 is 0. The van der Waals surface area contributed by atoms with Gasteiger partial charge in [0.2, 0.25) is 0 Å². The fraction of sp³-hybridized carbons (Fsp3) is 0.704. The van der Waals surface area contributed by atoms with E-state index in [0.29, 0.717) is 17.8 Å². The summed E-state index contributed by atoms with van der Waals surface area (Å²) in [6, 6.07) is 0. The number of aliphatic hydroxyl groups is 2. The van der Waals surface area contributed by atoms with E-state index in [1.54, 1.807) is 5.57 Å². The second-order valence-corrected chi connectivity index (χ2v) is 10.8. The van der Waals surface area contributed by atoms with Gasteiger partial charge in [0.25, 0.3) is 0 Å². The molecule has 3 rings (SSSR count). The van der Waals surface area contributed by atoms with Gasteiger partial charge in [-0.25, -0.2) is 0 Å². The van der Waals surface area contributed by atoms with Crippen LogP contribution in [-0.2, 0) is 0 Å². The molecule has 0 aliphatic heterocycles. The Morgan fingerprint density at radius 1 is 1.31 bits per heavy atom. The van der Waals surface area contributed by atoms with Crippen LogP contribution >= 0.6 is 0 Å². The molecule has 0 aromatic heterocycles. The maximum Gasteiger partial charge on any atom is 0.0591 e. The summed E-state index contributed by atoms with van der Waals surface area (Å²) in [5.74, 6) is 2.03. The fourth-order valence-electron chi connectivity index (χ4n) is 6.18. The lowest BCUT2D eigenvalue weighted by Gasteiger charge is -2.40. The van der Waals surface area contributed by atoms with E-state index in [1.165, 1.54) is 30.4 Å². The molecule has 2 nitrogen and oxygen atoms in total. The predicted octanol–water partition coefficient (Wildman–Crippen LogP) is 6.51. The highest BCUT2D eigenvalue weighted by Gasteiger charge is 2.48. The van der Waals surface area contributed by atoms with Gasteiger partial charge in [-0.3, -0.25) is 0 Å². The van der Waals surface area contributed by atoms with E-state index in [1.807, 2.05) is 13.8 Å². The minimum Gasteiger partial charge on any atom is -0.393 e. The van der Waals surface area contributed by atoms with E-state index in [2.05, 4.69) is 44.7 Å². The van der Waals surface area contributed by atoms with E-state index in [-0.39, 0.29) is 11.5 Å². The molecule has 5 atom stereocenters. The molecule has 0 heterocycles. The molecule has 2 heteroatoms. The first-order valence-electron chi connectivity index (χ1n) is 11.8. The molecule has 0 spiro atoms. The van der Waals surface area contributed by atoms with E-state index in [0.717, 1.165) is 38.5 Å². The van der Waals surface area contributed by atoms with Crippen molar-refractivity contribution in [1.29, 1.82) is 0 Å². The summed E-state index contributed by atoms with van der Waals surface area (Å²) in [4.78, 5) is 0. The van der Waals surface area contributed by atoms with Crippen LogP contribution in [0.1, 0.15) is 85.5 Å². The van der Waals surface area contributed by atoms with Crippen molar-refractivity contribution < 1.29 is 10.2 Å². The normalized spacial score (nSPS) is 35.0. The molecule has 0 bridgehead atoms. The molecular weight excluding hydrogens is 356 g/mol. The Morgan fingerprint density at radius 2 is 2.07 bits per heavy atom. The Kier molecular flexibility index (Phi) is 6.95. The number of aliphatic hydroxyl groups excluding tert-OH is 1. The first-order valence-corrected chi connectivity index (χ1v) is 11.8. The predicted molar refractivity (Wildman–Crippen MR) is 123 cm³/mol. The van der Waals surface area contributed by atoms with Gasteiger partial charge < -0.3 is 10.2 Å². The van der Waals surface area contributed by atoms with Crippen LogP contribution in [0.2, 0.25) is 0 Å². The van der Waals surface area contributed by atoms with Gasteiger partial charge in [-0.15, -0.1) is 0 Å². The number of rotatable bonds is 7. The number of allylic oxidation sites excluding steroid dienone is 6. The molecule has 0 amide bonds. The van der Waals surface area contributed by atoms with Crippen molar-refractivity contribution >= 4 is 0 Å². The summed E-state index contributed by atoms with van der Waals surface area (Å²) in [6.07, 6.45) is 18.6. The standard InChI is InChI=1S/C27H42O2/c1-19-10-13-23(28)18-22(19)12-11-21-9-7-17-27(5)24(14-15-25(21)27)20(2)8-6-16-26(3,4)29/h7,9,12,17,20,23-25,28-29H,1,6,8,10-11,13-16,18H2,2-5H3/b22-12-/t20-,23+,24-,25+,27-/m1/s1. The first kappa shape index (κ1) is 22.6. The lowest BCUT2D eigenvalue weighted by atomic mass is 9.64. The molecule has 2 N–H and O–H groups in total. The second-order valence-electron chi connectivity index (χ2n) is 10.8. The zero-order valence-corrected chi connectivity index (χ0v) is 19.1. The van der Waals surface area contributed by atoms with Gasteiger partial charge in [0, 0.05) is 0 Å². The van der Waals surface area contributed by atoms with Gasteiger partial charge in [-0.2, -0.15) is 0 Å². The van der Waals surface area contributed by atoms with Crippen LogP contribution in [0.3, 0.4) is 0 Å². The summed E-state index contributed by atoms with van der Waals surface area (Å²) in [5.41, 5.74) is 3.75. The van der Waals surface area contributed by atoms with E-state index in [4.69, 9.17) is 0 Å². The van der Waals surface area contributed by atoms with E-state index >= 15 is 0 Å². The van der Waals surface area contributed by atoms with Crippen LogP contribution in [0, 0.1) is 23.2 Å². The van der Waals surface area contributed by atoms with Gasteiger partial charge in [-0.1, -0.05) is 68.7 Å². The zero-order chi connectivity index (χ0) is 21.2. The van der Waals surface area contributed by atoms with Gasteiger partial charge in [-0.05, 0) is 87.5 Å². The van der Waals surface area contributed by atoms with Crippen molar-refractivity contribution in [2.45, 2.75) is 97.2 Å². The summed E-state index contributed by atoms with van der Waals surface area (Å²) in [7, 11) is 0. The molecule has 3 aliphatic rings. The van der Waals surface area contributed by atoms with Gasteiger partial charge >= 0.3 is 0 Å². The van der Waals surface area contributed by atoms with Crippen molar-refractivity contribution in [1.82, 2.24) is 0 Å². The number of hydrogen-bond donors (Lipinski definition) is 2. The van der Waals surface area contributed by atoms with Gasteiger partial charge in [0.1, 0.15) is 0 Å². The monoisotopic (exact) mass is 398 g/mol. The van der Waals surface area contributed by atoms with E-state index < -0.39 is 5.60 Å². The molecule has 0 unspecified atom stereocenters. The molecule has 0 aromatic rings. The van der Waals surface area contributed by atoms with Crippen molar-refractivity contribution in [2.24, 2.45) is 23.2 Å². The highest BCUT2D eigenvalue weighted by Crippen LogP contribution is 2.57. The lowest BCUT2D eigenvalue weighted by Crippen LogP contribution is -2.33. The Balaban J connectivity index is 1.64. The number of hydrogen-bond acceptors (Lipinski definition) is 2. The quantitative estimate of drug-likeness (QED) is 0.513. The van der Waals surface area contributed by atoms with Crippen LogP contribution in [0.15, 0.2) is 47.6 Å². The topological polar surface area (TPSA) is 40.5 Å². The third kappa shape index (κ3) is 5.33. The molecule has 29 heavy (non-hydrogen) atoms. The smallest absolute Gasteiger partial charge is 0.0591 e. The summed E-state index contributed by atoms with van der Waals surface area (Å²) in [6.45, 7) is 13.0. The third-order valence-corrected chi connectivity index (χ3v) is 7.94. The first-order chi connectivity index (χ1) is 13.6. The molecule has 0 saturated heterocycles. The number of fused-ring (bicyclic) bond motifs is 1. The summed E-state index contributed by atoms with van der Waals surface area (Å²) in [5, 5.41) is 20.0. The molecule has 162 valence electrons. The van der Waals surface area contributed by atoms with Crippen LogP contribution < -0.4 is 0 Å². The second kappa shape index (κ2) is 8.94. The maximum absolute atomic E-state index is 10.0. The minimum atomic E-state index is -0.549.